The normalized spacial score (nSPS) is 11.0. The molecule has 0 atom stereocenters. The number of nitrogens with one attached hydrogen (secondary N) is 2. The van der Waals surface area contributed by atoms with Gasteiger partial charge in [0.1, 0.15) is 11.1 Å². The van der Waals surface area contributed by atoms with Crippen molar-refractivity contribution in [1.29, 1.82) is 0 Å². The van der Waals surface area contributed by atoms with E-state index in [4.69, 9.17) is 21.1 Å². The third-order valence-electron chi connectivity index (χ3n) is 4.79. The van der Waals surface area contributed by atoms with Gasteiger partial charge in [-0.05, 0) is 67.2 Å². The van der Waals surface area contributed by atoms with E-state index in [1.807, 2.05) is 73.7 Å². The maximum Gasteiger partial charge on any atom is 0.293 e. The van der Waals surface area contributed by atoms with Crippen molar-refractivity contribution in [3.05, 3.63) is 84.1 Å². The number of amides is 1. The lowest BCUT2D eigenvalue weighted by molar-refractivity contribution is 0.0953. The van der Waals surface area contributed by atoms with Gasteiger partial charge in [0.05, 0.1) is 0 Å². The predicted molar refractivity (Wildman–Crippen MR) is 124 cm³/mol. The molecule has 2 heterocycles. The molecule has 152 valence electrons. The number of oxazole rings is 1. The van der Waals surface area contributed by atoms with Crippen LogP contribution in [0.3, 0.4) is 0 Å². The zero-order valence-corrected chi connectivity index (χ0v) is 17.3. The number of para-hydroxylation sites is 1. The number of anilines is 1. The molecule has 0 saturated carbocycles. The quantitative estimate of drug-likeness (QED) is 0.361. The van der Waals surface area contributed by atoms with E-state index in [0.29, 0.717) is 17.2 Å². The van der Waals surface area contributed by atoms with Gasteiger partial charge in [0.2, 0.25) is 5.89 Å². The van der Waals surface area contributed by atoms with Crippen LogP contribution in [0.4, 0.5) is 5.69 Å². The van der Waals surface area contributed by atoms with Crippen molar-refractivity contribution in [1.82, 2.24) is 10.3 Å². The Kier molecular flexibility index (Phi) is 4.72. The molecule has 31 heavy (non-hydrogen) atoms. The summed E-state index contributed by atoms with van der Waals surface area (Å²) in [5.41, 5.74) is 4.80. The van der Waals surface area contributed by atoms with E-state index in [0.717, 1.165) is 27.6 Å². The minimum Gasteiger partial charge on any atom is -0.451 e. The number of furan rings is 1. The van der Waals surface area contributed by atoms with Crippen molar-refractivity contribution < 1.29 is 13.6 Å². The van der Waals surface area contributed by atoms with Gasteiger partial charge in [-0.1, -0.05) is 30.3 Å². The lowest BCUT2D eigenvalue weighted by atomic mass is 10.2. The highest BCUT2D eigenvalue weighted by molar-refractivity contribution is 7.80. The third kappa shape index (κ3) is 3.91. The van der Waals surface area contributed by atoms with Crippen molar-refractivity contribution in [2.24, 2.45) is 0 Å². The summed E-state index contributed by atoms with van der Waals surface area (Å²) in [5, 5.41) is 6.68. The molecule has 0 aliphatic heterocycles. The van der Waals surface area contributed by atoms with E-state index in [2.05, 4.69) is 15.6 Å². The van der Waals surface area contributed by atoms with Crippen LogP contribution in [0, 0.1) is 6.92 Å². The van der Waals surface area contributed by atoms with E-state index in [-0.39, 0.29) is 10.9 Å². The average Bonchev–Trinajstić information content (AvgIpc) is 3.37. The summed E-state index contributed by atoms with van der Waals surface area (Å²) in [4.78, 5) is 17.0. The third-order valence-corrected chi connectivity index (χ3v) is 4.99. The Labute approximate surface area is 182 Å². The zero-order chi connectivity index (χ0) is 21.4. The van der Waals surface area contributed by atoms with Gasteiger partial charge in [-0.2, -0.15) is 0 Å². The number of thiocarbonyl (C=S) groups is 1. The number of nitrogens with zero attached hydrogens (tertiary/aromatic N) is 1. The fraction of sp³-hybridized carbons (Fsp3) is 0.0417. The van der Waals surface area contributed by atoms with Crippen LogP contribution < -0.4 is 10.6 Å². The van der Waals surface area contributed by atoms with Gasteiger partial charge < -0.3 is 14.2 Å². The Morgan fingerprint density at radius 2 is 1.81 bits per heavy atom. The number of fused-ring (bicyclic) bond motifs is 2. The molecule has 2 aromatic heterocycles. The minimum atomic E-state index is -0.417. The molecule has 5 rings (SSSR count). The molecule has 3 aromatic carbocycles. The molecule has 0 unspecified atom stereocenters. The molecule has 0 radical (unpaired) electrons. The Bertz CT molecular complexity index is 1420. The molecule has 1 amide bonds. The Balaban J connectivity index is 1.31. The summed E-state index contributed by atoms with van der Waals surface area (Å²) in [6, 6.07) is 22.4. The zero-order valence-electron chi connectivity index (χ0n) is 16.5. The second-order valence-electron chi connectivity index (χ2n) is 7.13. The SMILES string of the molecule is Cc1ccc2oc(-c3cccc(NC(=S)NC(=O)c4cc5ccccc5o4)c3)nc2c1. The Hall–Kier alpha value is -3.97. The fourth-order valence-electron chi connectivity index (χ4n) is 3.31. The molecule has 0 bridgehead atoms. The number of benzene rings is 3. The molecule has 0 fully saturated rings. The highest BCUT2D eigenvalue weighted by Crippen LogP contribution is 2.26. The number of hydrogen-bond acceptors (Lipinski definition) is 5. The second kappa shape index (κ2) is 7.70. The summed E-state index contributed by atoms with van der Waals surface area (Å²) in [5.74, 6) is 0.293. The van der Waals surface area contributed by atoms with Crippen molar-refractivity contribution in [2.75, 3.05) is 5.32 Å². The summed E-state index contributed by atoms with van der Waals surface area (Å²) < 4.78 is 11.4. The molecule has 5 aromatic rings. The van der Waals surface area contributed by atoms with Gasteiger partial charge in [-0.15, -0.1) is 0 Å². The highest BCUT2D eigenvalue weighted by Gasteiger charge is 2.14. The smallest absolute Gasteiger partial charge is 0.293 e. The van der Waals surface area contributed by atoms with Gasteiger partial charge in [0.15, 0.2) is 16.5 Å². The number of aryl methyl sites for hydroxylation is 1. The number of hydrogen-bond donors (Lipinski definition) is 2. The van der Waals surface area contributed by atoms with E-state index in [1.165, 1.54) is 0 Å². The largest absolute Gasteiger partial charge is 0.451 e. The van der Waals surface area contributed by atoms with Crippen LogP contribution in [0.5, 0.6) is 0 Å². The first kappa shape index (κ1) is 19.0. The Morgan fingerprint density at radius 1 is 0.935 bits per heavy atom. The molecule has 0 spiro atoms. The first-order valence-electron chi connectivity index (χ1n) is 9.64. The van der Waals surface area contributed by atoms with Gasteiger partial charge in [-0.3, -0.25) is 10.1 Å². The molecular formula is C24H17N3O3S. The molecule has 0 saturated heterocycles. The maximum absolute atomic E-state index is 12.5. The molecule has 2 N–H and O–H groups in total. The lowest BCUT2D eigenvalue weighted by Crippen LogP contribution is -2.33. The summed E-state index contributed by atoms with van der Waals surface area (Å²) in [6.07, 6.45) is 0. The van der Waals surface area contributed by atoms with Gasteiger partial charge in [0, 0.05) is 16.6 Å². The van der Waals surface area contributed by atoms with Crippen molar-refractivity contribution >= 4 is 51.0 Å². The van der Waals surface area contributed by atoms with Crippen LogP contribution in [0.1, 0.15) is 16.1 Å². The molecule has 0 aliphatic rings. The van der Waals surface area contributed by atoms with Crippen LogP contribution in [0.25, 0.3) is 33.5 Å². The topological polar surface area (TPSA) is 80.3 Å². The predicted octanol–water partition coefficient (Wildman–Crippen LogP) is 5.68. The van der Waals surface area contributed by atoms with E-state index in [1.54, 1.807) is 6.07 Å². The fourth-order valence-corrected chi connectivity index (χ4v) is 3.52. The number of aromatic nitrogens is 1. The molecule has 0 aliphatic carbocycles. The van der Waals surface area contributed by atoms with Crippen LogP contribution in [-0.4, -0.2) is 16.0 Å². The molecular weight excluding hydrogens is 410 g/mol. The first-order valence-corrected chi connectivity index (χ1v) is 10.0. The summed E-state index contributed by atoms with van der Waals surface area (Å²) in [6.45, 7) is 2.01. The van der Waals surface area contributed by atoms with Crippen molar-refractivity contribution in [3.8, 4) is 11.5 Å². The van der Waals surface area contributed by atoms with Crippen LogP contribution in [0.2, 0.25) is 0 Å². The first-order chi connectivity index (χ1) is 15.0. The maximum atomic E-state index is 12.5. The van der Waals surface area contributed by atoms with Crippen molar-refractivity contribution in [2.45, 2.75) is 6.92 Å². The average molecular weight is 427 g/mol. The van der Waals surface area contributed by atoms with Gasteiger partial charge in [-0.25, -0.2) is 4.98 Å². The number of rotatable bonds is 3. The second-order valence-corrected chi connectivity index (χ2v) is 7.54. The monoisotopic (exact) mass is 427 g/mol. The summed E-state index contributed by atoms with van der Waals surface area (Å²) in [7, 11) is 0. The van der Waals surface area contributed by atoms with E-state index >= 15 is 0 Å². The number of carbonyl (C=O) groups is 1. The minimum absolute atomic E-state index is 0.163. The highest BCUT2D eigenvalue weighted by atomic mass is 32.1. The van der Waals surface area contributed by atoms with E-state index < -0.39 is 5.91 Å². The van der Waals surface area contributed by atoms with Crippen LogP contribution in [0.15, 0.2) is 81.6 Å². The summed E-state index contributed by atoms with van der Waals surface area (Å²) >= 11 is 5.30. The van der Waals surface area contributed by atoms with Crippen LogP contribution >= 0.6 is 12.2 Å². The van der Waals surface area contributed by atoms with E-state index in [9.17, 15) is 4.79 Å². The van der Waals surface area contributed by atoms with Crippen molar-refractivity contribution in [3.63, 3.8) is 0 Å². The molecule has 7 heteroatoms. The standard InChI is InChI=1S/C24H17N3O3S/c1-14-9-10-20-18(11-14)26-23(30-20)16-6-4-7-17(12-16)25-24(31)27-22(28)21-13-15-5-2-3-8-19(15)29-21/h2-13H,1H3,(H2,25,27,28,31). The lowest BCUT2D eigenvalue weighted by Gasteiger charge is -2.09. The van der Waals surface area contributed by atoms with Gasteiger partial charge >= 0.3 is 0 Å². The van der Waals surface area contributed by atoms with Gasteiger partial charge in [0.25, 0.3) is 5.91 Å². The van der Waals surface area contributed by atoms with Crippen LogP contribution in [-0.2, 0) is 0 Å². The molecule has 6 nitrogen and oxygen atoms in total. The number of carbonyl (C=O) groups excluding carboxylic acids is 1. The Morgan fingerprint density at radius 3 is 2.68 bits per heavy atom.